The number of aromatic nitrogens is 3. The third-order valence-electron chi connectivity index (χ3n) is 4.33. The lowest BCUT2D eigenvalue weighted by atomic mass is 10.1. The molecule has 0 fully saturated rings. The van der Waals surface area contributed by atoms with Gasteiger partial charge in [-0.3, -0.25) is 9.89 Å². The Balaban J connectivity index is 1.66. The monoisotopic (exact) mass is 377 g/mol. The fraction of sp³-hybridized carbons (Fsp3) is 0.143. The number of rotatable bonds is 6. The SMILES string of the molecule is COc1ccc(-c2cc3nc(COc4ccccc4)cc(=O)n3[nH]2)cc1OC. The molecule has 0 radical (unpaired) electrons. The van der Waals surface area contributed by atoms with E-state index in [2.05, 4.69) is 10.1 Å². The summed E-state index contributed by atoms with van der Waals surface area (Å²) in [5.41, 5.74) is 2.47. The molecule has 0 spiro atoms. The summed E-state index contributed by atoms with van der Waals surface area (Å²) in [6, 6.07) is 18.2. The van der Waals surface area contributed by atoms with Crippen LogP contribution in [0.2, 0.25) is 0 Å². The van der Waals surface area contributed by atoms with Gasteiger partial charge in [-0.25, -0.2) is 9.50 Å². The highest BCUT2D eigenvalue weighted by Crippen LogP contribution is 2.31. The van der Waals surface area contributed by atoms with Gasteiger partial charge in [-0.1, -0.05) is 18.2 Å². The summed E-state index contributed by atoms with van der Waals surface area (Å²) in [4.78, 5) is 17.0. The van der Waals surface area contributed by atoms with E-state index in [-0.39, 0.29) is 12.2 Å². The predicted octanol–water partition coefficient (Wildman–Crippen LogP) is 3.29. The molecule has 0 amide bonds. The van der Waals surface area contributed by atoms with Crippen LogP contribution >= 0.6 is 0 Å². The first-order valence-electron chi connectivity index (χ1n) is 8.70. The molecule has 0 saturated heterocycles. The molecule has 0 aliphatic heterocycles. The zero-order valence-corrected chi connectivity index (χ0v) is 15.5. The van der Waals surface area contributed by atoms with E-state index < -0.39 is 0 Å². The zero-order chi connectivity index (χ0) is 19.5. The van der Waals surface area contributed by atoms with Gasteiger partial charge in [-0.05, 0) is 30.3 Å². The van der Waals surface area contributed by atoms with Crippen molar-refractivity contribution in [3.05, 3.63) is 76.7 Å². The lowest BCUT2D eigenvalue weighted by molar-refractivity contribution is 0.301. The average molecular weight is 377 g/mol. The maximum Gasteiger partial charge on any atom is 0.273 e. The third kappa shape index (κ3) is 3.42. The highest BCUT2D eigenvalue weighted by molar-refractivity contribution is 5.67. The molecular formula is C21H19N3O4. The number of H-pyrrole nitrogens is 1. The number of hydrogen-bond acceptors (Lipinski definition) is 5. The molecule has 4 rings (SSSR count). The number of methoxy groups -OCH3 is 2. The minimum atomic E-state index is -0.205. The highest BCUT2D eigenvalue weighted by Gasteiger charge is 2.11. The van der Waals surface area contributed by atoms with Crippen LogP contribution in [-0.4, -0.2) is 28.8 Å². The molecule has 7 nitrogen and oxygen atoms in total. The first kappa shape index (κ1) is 17.7. The van der Waals surface area contributed by atoms with Crippen molar-refractivity contribution in [2.45, 2.75) is 6.61 Å². The van der Waals surface area contributed by atoms with Crippen LogP contribution in [0.15, 0.2) is 65.5 Å². The number of nitrogens with one attached hydrogen (secondary N) is 1. The van der Waals surface area contributed by atoms with E-state index in [0.717, 1.165) is 17.0 Å². The minimum Gasteiger partial charge on any atom is -0.493 e. The van der Waals surface area contributed by atoms with Gasteiger partial charge in [0.1, 0.15) is 12.4 Å². The van der Waals surface area contributed by atoms with Crippen LogP contribution in [-0.2, 0) is 6.61 Å². The number of hydrogen-bond donors (Lipinski definition) is 1. The molecule has 1 N–H and O–H groups in total. The van der Waals surface area contributed by atoms with Crippen molar-refractivity contribution in [3.63, 3.8) is 0 Å². The number of benzene rings is 2. The summed E-state index contributed by atoms with van der Waals surface area (Å²) in [7, 11) is 3.17. The standard InChI is InChI=1S/C21H19N3O4/c1-26-18-9-8-14(10-19(18)27-2)17-12-20-22-15(11-21(25)24(20)23-17)13-28-16-6-4-3-5-7-16/h3-12,23H,13H2,1-2H3. The van der Waals surface area contributed by atoms with Gasteiger partial charge in [0.2, 0.25) is 0 Å². The van der Waals surface area contributed by atoms with Gasteiger partial charge >= 0.3 is 0 Å². The van der Waals surface area contributed by atoms with E-state index in [4.69, 9.17) is 14.2 Å². The van der Waals surface area contributed by atoms with E-state index in [1.807, 2.05) is 54.6 Å². The topological polar surface area (TPSA) is 77.9 Å². The first-order valence-corrected chi connectivity index (χ1v) is 8.70. The van der Waals surface area contributed by atoms with Crippen LogP contribution in [0, 0.1) is 0 Å². The molecule has 28 heavy (non-hydrogen) atoms. The zero-order valence-electron chi connectivity index (χ0n) is 15.5. The van der Waals surface area contributed by atoms with Crippen LogP contribution in [0.4, 0.5) is 0 Å². The Kier molecular flexibility index (Phi) is 4.72. The molecule has 2 aromatic heterocycles. The van der Waals surface area contributed by atoms with Gasteiger partial charge in [0.15, 0.2) is 17.1 Å². The number of para-hydroxylation sites is 1. The molecule has 142 valence electrons. The van der Waals surface area contributed by atoms with Gasteiger partial charge in [-0.15, -0.1) is 0 Å². The summed E-state index contributed by atoms with van der Waals surface area (Å²) in [6.07, 6.45) is 0. The Labute approximate surface area is 161 Å². The number of fused-ring (bicyclic) bond motifs is 1. The molecule has 7 heteroatoms. The Morgan fingerprint density at radius 2 is 1.75 bits per heavy atom. The minimum absolute atomic E-state index is 0.205. The fourth-order valence-corrected chi connectivity index (χ4v) is 2.94. The molecule has 0 aliphatic rings. The Hall–Kier alpha value is -3.74. The molecule has 0 bridgehead atoms. The second-order valence-electron chi connectivity index (χ2n) is 6.12. The van der Waals surface area contributed by atoms with Crippen LogP contribution in [0.25, 0.3) is 16.9 Å². The normalized spacial score (nSPS) is 10.8. The van der Waals surface area contributed by atoms with Gasteiger partial charge in [0.25, 0.3) is 5.56 Å². The third-order valence-corrected chi connectivity index (χ3v) is 4.33. The second kappa shape index (κ2) is 7.48. The smallest absolute Gasteiger partial charge is 0.273 e. The maximum atomic E-state index is 12.5. The van der Waals surface area contributed by atoms with Crippen molar-refractivity contribution < 1.29 is 14.2 Å². The van der Waals surface area contributed by atoms with Gasteiger partial charge in [0, 0.05) is 17.7 Å². The van der Waals surface area contributed by atoms with Crippen molar-refractivity contribution in [2.75, 3.05) is 14.2 Å². The molecule has 2 heterocycles. The largest absolute Gasteiger partial charge is 0.493 e. The summed E-state index contributed by atoms with van der Waals surface area (Å²) < 4.78 is 17.7. The highest BCUT2D eigenvalue weighted by atomic mass is 16.5. The lowest BCUT2D eigenvalue weighted by Gasteiger charge is -2.08. The Morgan fingerprint density at radius 3 is 2.50 bits per heavy atom. The van der Waals surface area contributed by atoms with E-state index >= 15 is 0 Å². The quantitative estimate of drug-likeness (QED) is 0.558. The van der Waals surface area contributed by atoms with Crippen molar-refractivity contribution in [1.82, 2.24) is 14.6 Å². The van der Waals surface area contributed by atoms with Crippen LogP contribution < -0.4 is 19.8 Å². The molecule has 0 atom stereocenters. The van der Waals surface area contributed by atoms with Crippen molar-refractivity contribution in [3.8, 4) is 28.5 Å². The molecule has 4 aromatic rings. The summed E-state index contributed by atoms with van der Waals surface area (Å²) >= 11 is 0. The van der Waals surface area contributed by atoms with Gasteiger partial charge in [-0.2, -0.15) is 0 Å². The molecular weight excluding hydrogens is 358 g/mol. The average Bonchev–Trinajstić information content (AvgIpc) is 3.17. The summed E-state index contributed by atoms with van der Waals surface area (Å²) in [6.45, 7) is 0.215. The maximum absolute atomic E-state index is 12.5. The number of nitrogens with zero attached hydrogens (tertiary/aromatic N) is 2. The van der Waals surface area contributed by atoms with E-state index in [1.54, 1.807) is 14.2 Å². The van der Waals surface area contributed by atoms with Crippen LogP contribution in [0.5, 0.6) is 17.2 Å². The Bertz CT molecular complexity index is 1170. The molecule has 0 unspecified atom stereocenters. The van der Waals surface area contributed by atoms with E-state index in [9.17, 15) is 4.79 Å². The molecule has 0 aliphatic carbocycles. The van der Waals surface area contributed by atoms with Gasteiger partial charge < -0.3 is 14.2 Å². The molecule has 0 saturated carbocycles. The van der Waals surface area contributed by atoms with Gasteiger partial charge in [0.05, 0.1) is 25.6 Å². The molecule has 2 aromatic carbocycles. The van der Waals surface area contributed by atoms with Crippen LogP contribution in [0.1, 0.15) is 5.69 Å². The summed E-state index contributed by atoms with van der Waals surface area (Å²) in [5.74, 6) is 1.97. The fourth-order valence-electron chi connectivity index (χ4n) is 2.94. The van der Waals surface area contributed by atoms with Crippen molar-refractivity contribution >= 4 is 5.65 Å². The van der Waals surface area contributed by atoms with Crippen LogP contribution in [0.3, 0.4) is 0 Å². The number of aromatic amines is 1. The summed E-state index contributed by atoms with van der Waals surface area (Å²) in [5, 5.41) is 3.07. The lowest BCUT2D eigenvalue weighted by Crippen LogP contribution is -2.16. The van der Waals surface area contributed by atoms with Crippen molar-refractivity contribution in [2.24, 2.45) is 0 Å². The Morgan fingerprint density at radius 1 is 0.964 bits per heavy atom. The number of ether oxygens (including phenoxy) is 3. The van der Waals surface area contributed by atoms with E-state index in [1.165, 1.54) is 10.6 Å². The second-order valence-corrected chi connectivity index (χ2v) is 6.12. The first-order chi connectivity index (χ1) is 13.7. The van der Waals surface area contributed by atoms with Crippen molar-refractivity contribution in [1.29, 1.82) is 0 Å². The van der Waals surface area contributed by atoms with E-state index in [0.29, 0.717) is 22.8 Å². The predicted molar refractivity (Wildman–Crippen MR) is 105 cm³/mol.